The second-order valence-electron chi connectivity index (χ2n) is 4.39. The van der Waals surface area contributed by atoms with Crippen LogP contribution in [0.2, 0.25) is 10.0 Å². The first-order chi connectivity index (χ1) is 8.95. The van der Waals surface area contributed by atoms with E-state index in [-0.39, 0.29) is 30.8 Å². The monoisotopic (exact) mass is 376 g/mol. The molecule has 0 amide bonds. The van der Waals surface area contributed by atoms with E-state index in [1.807, 2.05) is 19.0 Å². The van der Waals surface area contributed by atoms with Crippen LogP contribution in [-0.2, 0) is 9.53 Å². The summed E-state index contributed by atoms with van der Waals surface area (Å²) in [6, 6.07) is 4.56. The van der Waals surface area contributed by atoms with Gasteiger partial charge in [0.15, 0.2) is 0 Å². The van der Waals surface area contributed by atoms with Gasteiger partial charge in [0.2, 0.25) is 0 Å². The van der Waals surface area contributed by atoms with E-state index in [1.165, 1.54) is 7.11 Å². The number of rotatable bonds is 6. The molecule has 0 heterocycles. The normalized spacial score (nSPS) is 11.3. The third-order valence-corrected chi connectivity index (χ3v) is 3.36. The van der Waals surface area contributed by atoms with Crippen LogP contribution in [-0.4, -0.2) is 45.2 Å². The van der Waals surface area contributed by atoms with Gasteiger partial charge in [0.1, 0.15) is 6.04 Å². The van der Waals surface area contributed by atoms with E-state index in [4.69, 9.17) is 27.9 Å². The van der Waals surface area contributed by atoms with E-state index in [9.17, 15) is 4.79 Å². The van der Waals surface area contributed by atoms with Gasteiger partial charge in [-0.3, -0.25) is 5.32 Å². The number of benzene rings is 1. The maximum Gasteiger partial charge on any atom is 0.327 e. The van der Waals surface area contributed by atoms with Crippen molar-refractivity contribution in [1.82, 2.24) is 10.2 Å². The lowest BCUT2D eigenvalue weighted by atomic mass is 10.1. The highest BCUT2D eigenvalue weighted by molar-refractivity contribution is 6.42. The van der Waals surface area contributed by atoms with Crippen molar-refractivity contribution in [3.8, 4) is 0 Å². The summed E-state index contributed by atoms with van der Waals surface area (Å²) in [5.41, 5.74) is 0.736. The third kappa shape index (κ3) is 7.54. The molecule has 21 heavy (non-hydrogen) atoms. The zero-order valence-electron chi connectivity index (χ0n) is 12.1. The third-order valence-electron chi connectivity index (χ3n) is 2.62. The van der Waals surface area contributed by atoms with E-state index in [2.05, 4.69) is 5.32 Å². The van der Waals surface area contributed by atoms with Crippen molar-refractivity contribution in [2.45, 2.75) is 6.04 Å². The fourth-order valence-electron chi connectivity index (χ4n) is 1.58. The molecule has 1 atom stereocenters. The highest BCUT2D eigenvalue weighted by atomic mass is 35.5. The topological polar surface area (TPSA) is 41.6 Å². The van der Waals surface area contributed by atoms with Gasteiger partial charge in [-0.15, -0.1) is 24.8 Å². The first-order valence-electron chi connectivity index (χ1n) is 5.86. The number of carbonyl (C=O) groups is 1. The largest absolute Gasteiger partial charge is 0.468 e. The highest BCUT2D eigenvalue weighted by Crippen LogP contribution is 2.26. The van der Waals surface area contributed by atoms with Gasteiger partial charge in [-0.1, -0.05) is 29.3 Å². The maximum atomic E-state index is 11.8. The van der Waals surface area contributed by atoms with E-state index in [1.54, 1.807) is 18.2 Å². The molecule has 0 aromatic heterocycles. The molecule has 0 bridgehead atoms. The number of nitrogens with zero attached hydrogens (tertiary/aromatic N) is 1. The summed E-state index contributed by atoms with van der Waals surface area (Å²) in [5, 5.41) is 4.03. The molecular weight excluding hydrogens is 358 g/mol. The predicted octanol–water partition coefficient (Wildman–Crippen LogP) is 3.20. The Morgan fingerprint density at radius 2 is 1.90 bits per heavy atom. The lowest BCUT2D eigenvalue weighted by molar-refractivity contribution is -0.143. The molecule has 1 N–H and O–H groups in total. The fraction of sp³-hybridized carbons (Fsp3) is 0.462. The number of likely N-dealkylation sites (N-methyl/N-ethyl adjacent to an activating group) is 1. The molecule has 0 radical (unpaired) electrons. The summed E-state index contributed by atoms with van der Waals surface area (Å²) in [5.74, 6) is -0.350. The number of ether oxygens (including phenoxy) is 1. The second kappa shape index (κ2) is 11.4. The zero-order valence-corrected chi connectivity index (χ0v) is 15.2. The molecule has 0 fully saturated rings. The summed E-state index contributed by atoms with van der Waals surface area (Å²) >= 11 is 11.8. The minimum absolute atomic E-state index is 0. The zero-order chi connectivity index (χ0) is 14.4. The average molecular weight is 378 g/mol. The Labute approximate surface area is 147 Å². The van der Waals surface area contributed by atoms with Crippen LogP contribution in [0.4, 0.5) is 0 Å². The number of hydrogen-bond donors (Lipinski definition) is 1. The van der Waals surface area contributed by atoms with Gasteiger partial charge < -0.3 is 9.64 Å². The van der Waals surface area contributed by atoms with E-state index in [0.29, 0.717) is 16.6 Å². The van der Waals surface area contributed by atoms with Gasteiger partial charge in [0.25, 0.3) is 0 Å². The summed E-state index contributed by atoms with van der Waals surface area (Å²) in [6.45, 7) is 1.47. The number of halogens is 4. The lowest BCUT2D eigenvalue weighted by Crippen LogP contribution is -2.34. The van der Waals surface area contributed by atoms with Crippen LogP contribution in [0.15, 0.2) is 18.2 Å². The molecule has 1 aromatic carbocycles. The van der Waals surface area contributed by atoms with Gasteiger partial charge in [-0.2, -0.15) is 0 Å². The van der Waals surface area contributed by atoms with Crippen molar-refractivity contribution in [2.75, 3.05) is 34.3 Å². The Balaban J connectivity index is 0. The number of methoxy groups -OCH3 is 1. The van der Waals surface area contributed by atoms with Crippen molar-refractivity contribution < 1.29 is 9.53 Å². The Morgan fingerprint density at radius 1 is 1.29 bits per heavy atom. The van der Waals surface area contributed by atoms with E-state index >= 15 is 0 Å². The molecule has 8 heteroatoms. The molecule has 0 aliphatic carbocycles. The van der Waals surface area contributed by atoms with Gasteiger partial charge in [0.05, 0.1) is 17.2 Å². The van der Waals surface area contributed by atoms with Gasteiger partial charge in [-0.05, 0) is 31.8 Å². The minimum atomic E-state index is -0.542. The van der Waals surface area contributed by atoms with Crippen molar-refractivity contribution in [3.63, 3.8) is 0 Å². The first kappa shape index (κ1) is 23.0. The van der Waals surface area contributed by atoms with Crippen LogP contribution in [0.25, 0.3) is 0 Å². The molecule has 4 nitrogen and oxygen atoms in total. The predicted molar refractivity (Wildman–Crippen MR) is 92.3 cm³/mol. The molecule has 0 saturated carbocycles. The lowest BCUT2D eigenvalue weighted by Gasteiger charge is -2.18. The summed E-state index contributed by atoms with van der Waals surface area (Å²) in [4.78, 5) is 13.8. The number of nitrogens with one attached hydrogen (secondary N) is 1. The van der Waals surface area contributed by atoms with Gasteiger partial charge in [-0.25, -0.2) is 4.79 Å². The molecule has 0 aliphatic rings. The molecule has 0 aliphatic heterocycles. The Hall–Kier alpha value is -0.230. The molecule has 1 rings (SSSR count). The summed E-state index contributed by atoms with van der Waals surface area (Å²) < 4.78 is 4.80. The fourth-order valence-corrected chi connectivity index (χ4v) is 1.89. The van der Waals surface area contributed by atoms with Crippen LogP contribution in [0.1, 0.15) is 11.6 Å². The van der Waals surface area contributed by atoms with E-state index in [0.717, 1.165) is 12.1 Å². The Bertz CT molecular complexity index is 444. The minimum Gasteiger partial charge on any atom is -0.468 e. The first-order valence-corrected chi connectivity index (χ1v) is 6.62. The number of esters is 1. The van der Waals surface area contributed by atoms with Crippen molar-refractivity contribution in [1.29, 1.82) is 0 Å². The van der Waals surface area contributed by atoms with Crippen LogP contribution >= 0.6 is 48.0 Å². The van der Waals surface area contributed by atoms with Crippen molar-refractivity contribution >= 4 is 54.0 Å². The summed E-state index contributed by atoms with van der Waals surface area (Å²) in [6.07, 6.45) is 0. The number of hydrogen-bond acceptors (Lipinski definition) is 4. The van der Waals surface area contributed by atoms with Crippen molar-refractivity contribution in [3.05, 3.63) is 33.8 Å². The highest BCUT2D eigenvalue weighted by Gasteiger charge is 2.21. The standard InChI is InChI=1S/C13H18Cl2N2O2.2ClH/c1-17(2)7-6-16-12(13(18)19-3)9-4-5-10(14)11(15)8-9;;/h4-5,8,12,16H,6-7H2,1-3H3;2*1H. The van der Waals surface area contributed by atoms with Crippen LogP contribution in [0, 0.1) is 0 Å². The number of carbonyl (C=O) groups excluding carboxylic acids is 1. The molecular formula is C13H20Cl4N2O2. The van der Waals surface area contributed by atoms with Crippen LogP contribution in [0.5, 0.6) is 0 Å². The molecule has 0 spiro atoms. The van der Waals surface area contributed by atoms with E-state index < -0.39 is 6.04 Å². The van der Waals surface area contributed by atoms with Gasteiger partial charge in [0, 0.05) is 13.1 Å². The molecule has 1 unspecified atom stereocenters. The Morgan fingerprint density at radius 3 is 2.38 bits per heavy atom. The second-order valence-corrected chi connectivity index (χ2v) is 5.20. The molecule has 1 aromatic rings. The molecule has 122 valence electrons. The SMILES string of the molecule is COC(=O)C(NCCN(C)C)c1ccc(Cl)c(Cl)c1.Cl.Cl. The van der Waals surface area contributed by atoms with Crippen molar-refractivity contribution in [2.24, 2.45) is 0 Å². The van der Waals surface area contributed by atoms with Crippen LogP contribution in [0.3, 0.4) is 0 Å². The smallest absolute Gasteiger partial charge is 0.327 e. The van der Waals surface area contributed by atoms with Crippen LogP contribution < -0.4 is 5.32 Å². The van der Waals surface area contributed by atoms with Gasteiger partial charge >= 0.3 is 5.97 Å². The Kier molecular flexibility index (Phi) is 12.5. The molecule has 0 saturated heterocycles. The summed E-state index contributed by atoms with van der Waals surface area (Å²) in [7, 11) is 5.29. The average Bonchev–Trinajstić information content (AvgIpc) is 2.37. The maximum absolute atomic E-state index is 11.8. The quantitative estimate of drug-likeness (QED) is 0.773.